The maximum absolute atomic E-state index is 10.6. The molecule has 0 rings (SSSR count). The summed E-state index contributed by atoms with van der Waals surface area (Å²) in [5, 5.41) is 17.0. The largest absolute Gasteiger partial charge is 0.481 e. The summed E-state index contributed by atoms with van der Waals surface area (Å²) < 4.78 is -1.38. The molecule has 0 spiro atoms. The fourth-order valence-corrected chi connectivity index (χ4v) is 1.16. The number of aliphatic carboxylic acids is 2. The van der Waals surface area contributed by atoms with E-state index < -0.39 is 21.8 Å². The Labute approximate surface area is 83.1 Å². The SMILES string of the molecule is C#CCC(I)(CC(=O)O)C(=O)O. The molecule has 0 saturated carbocycles. The third-order valence-corrected chi connectivity index (χ3v) is 2.42. The van der Waals surface area contributed by atoms with E-state index in [9.17, 15) is 9.59 Å². The molecular weight excluding hydrogens is 275 g/mol. The monoisotopic (exact) mass is 282 g/mol. The summed E-state index contributed by atoms with van der Waals surface area (Å²) in [6.07, 6.45) is 4.36. The number of carboxylic acid groups (broad SMARTS) is 2. The quantitative estimate of drug-likeness (QED) is 0.453. The van der Waals surface area contributed by atoms with E-state index in [0.717, 1.165) is 0 Å². The minimum absolute atomic E-state index is 0.0881. The molecule has 1 unspecified atom stereocenters. The highest BCUT2D eigenvalue weighted by Crippen LogP contribution is 2.27. The summed E-state index contributed by atoms with van der Waals surface area (Å²) in [6, 6.07) is 0. The van der Waals surface area contributed by atoms with Crippen LogP contribution in [0, 0.1) is 12.3 Å². The van der Waals surface area contributed by atoms with Crippen LogP contribution in [0.3, 0.4) is 0 Å². The van der Waals surface area contributed by atoms with E-state index in [1.165, 1.54) is 0 Å². The molecule has 0 heterocycles. The Bertz CT molecular complexity index is 242. The molecule has 1 atom stereocenters. The highest BCUT2D eigenvalue weighted by Gasteiger charge is 2.37. The zero-order valence-electron chi connectivity index (χ0n) is 6.08. The lowest BCUT2D eigenvalue weighted by molar-refractivity contribution is -0.145. The average molecular weight is 282 g/mol. The summed E-state index contributed by atoms with van der Waals surface area (Å²) in [5.74, 6) is -0.213. The van der Waals surface area contributed by atoms with Gasteiger partial charge in [-0.2, -0.15) is 0 Å². The van der Waals surface area contributed by atoms with Gasteiger partial charge in [-0.15, -0.1) is 12.3 Å². The lowest BCUT2D eigenvalue weighted by Gasteiger charge is -2.16. The van der Waals surface area contributed by atoms with Gasteiger partial charge in [-0.25, -0.2) is 0 Å². The number of carboxylic acids is 2. The van der Waals surface area contributed by atoms with Gasteiger partial charge in [0.05, 0.1) is 6.42 Å². The van der Waals surface area contributed by atoms with Crippen LogP contribution >= 0.6 is 22.6 Å². The molecule has 2 N–H and O–H groups in total. The third-order valence-electron chi connectivity index (χ3n) is 1.20. The van der Waals surface area contributed by atoms with Crippen LogP contribution in [0.2, 0.25) is 0 Å². The minimum atomic E-state index is -1.38. The first-order valence-corrected chi connectivity index (χ1v) is 4.08. The number of carbonyl (C=O) groups is 2. The summed E-state index contributed by atoms with van der Waals surface area (Å²) in [5.41, 5.74) is 0. The van der Waals surface area contributed by atoms with Gasteiger partial charge in [0.2, 0.25) is 0 Å². The molecule has 4 nitrogen and oxygen atoms in total. The Morgan fingerprint density at radius 3 is 2.25 bits per heavy atom. The van der Waals surface area contributed by atoms with E-state index in [-0.39, 0.29) is 6.42 Å². The van der Waals surface area contributed by atoms with Gasteiger partial charge in [-0.05, 0) is 0 Å². The topological polar surface area (TPSA) is 74.6 Å². The van der Waals surface area contributed by atoms with Crippen LogP contribution in [-0.4, -0.2) is 25.6 Å². The summed E-state index contributed by atoms with van der Waals surface area (Å²) in [7, 11) is 0. The fraction of sp³-hybridized carbons (Fsp3) is 0.429. The molecule has 0 fully saturated rings. The molecule has 0 aromatic carbocycles. The van der Waals surface area contributed by atoms with Gasteiger partial charge in [0, 0.05) is 6.42 Å². The summed E-state index contributed by atoms with van der Waals surface area (Å²) in [4.78, 5) is 20.8. The van der Waals surface area contributed by atoms with Gasteiger partial charge < -0.3 is 10.2 Å². The maximum atomic E-state index is 10.6. The highest BCUT2D eigenvalue weighted by atomic mass is 127. The second kappa shape index (κ2) is 4.30. The molecule has 0 aliphatic heterocycles. The molecule has 66 valence electrons. The summed E-state index contributed by atoms with van der Waals surface area (Å²) in [6.45, 7) is 0. The van der Waals surface area contributed by atoms with Gasteiger partial charge in [-0.1, -0.05) is 22.6 Å². The third kappa shape index (κ3) is 3.09. The first-order valence-electron chi connectivity index (χ1n) is 3.00. The zero-order valence-corrected chi connectivity index (χ0v) is 8.24. The first kappa shape index (κ1) is 11.2. The number of rotatable bonds is 4. The number of hydrogen-bond acceptors (Lipinski definition) is 2. The van der Waals surface area contributed by atoms with E-state index in [2.05, 4.69) is 5.92 Å². The van der Waals surface area contributed by atoms with Crippen molar-refractivity contribution >= 4 is 34.5 Å². The standard InChI is InChI=1S/C7H7IO4/c1-2-3-7(8,6(11)12)4-5(9)10/h1H,3-4H2,(H,9,10)(H,11,12). The normalized spacial score (nSPS) is 14.3. The van der Waals surface area contributed by atoms with Crippen molar-refractivity contribution in [3.05, 3.63) is 0 Å². The maximum Gasteiger partial charge on any atom is 0.321 e. The number of hydrogen-bond donors (Lipinski definition) is 2. The molecule has 0 aromatic rings. The highest BCUT2D eigenvalue weighted by molar-refractivity contribution is 14.1. The van der Waals surface area contributed by atoms with Crippen molar-refractivity contribution in [1.29, 1.82) is 0 Å². The molecule has 0 saturated heterocycles. The lowest BCUT2D eigenvalue weighted by Crippen LogP contribution is -2.33. The van der Waals surface area contributed by atoms with Crippen molar-refractivity contribution in [2.24, 2.45) is 0 Å². The van der Waals surface area contributed by atoms with Crippen LogP contribution in [0.4, 0.5) is 0 Å². The molecule has 0 amide bonds. The van der Waals surface area contributed by atoms with Gasteiger partial charge >= 0.3 is 11.9 Å². The van der Waals surface area contributed by atoms with Crippen LogP contribution in [0.1, 0.15) is 12.8 Å². The van der Waals surface area contributed by atoms with Gasteiger partial charge in [0.25, 0.3) is 0 Å². The predicted octanol–water partition coefficient (Wildman–Crippen LogP) is 0.743. The number of alkyl halides is 1. The van der Waals surface area contributed by atoms with Crippen LogP contribution < -0.4 is 0 Å². The van der Waals surface area contributed by atoms with Crippen molar-refractivity contribution in [2.45, 2.75) is 16.3 Å². The van der Waals surface area contributed by atoms with Crippen LogP contribution in [-0.2, 0) is 9.59 Å². The van der Waals surface area contributed by atoms with Crippen LogP contribution in [0.25, 0.3) is 0 Å². The second-order valence-electron chi connectivity index (χ2n) is 2.22. The Balaban J connectivity index is 4.52. The Morgan fingerprint density at radius 1 is 1.50 bits per heavy atom. The Kier molecular flexibility index (Phi) is 4.03. The molecule has 0 radical (unpaired) electrons. The van der Waals surface area contributed by atoms with Crippen molar-refractivity contribution in [1.82, 2.24) is 0 Å². The van der Waals surface area contributed by atoms with Crippen LogP contribution in [0.5, 0.6) is 0 Å². The predicted molar refractivity (Wildman–Crippen MR) is 50.1 cm³/mol. The number of terminal acetylenes is 1. The molecule has 5 heteroatoms. The van der Waals surface area contributed by atoms with E-state index in [1.54, 1.807) is 22.6 Å². The van der Waals surface area contributed by atoms with Crippen molar-refractivity contribution in [2.75, 3.05) is 0 Å². The van der Waals surface area contributed by atoms with Gasteiger partial charge in [0.15, 0.2) is 0 Å². The van der Waals surface area contributed by atoms with Gasteiger partial charge in [-0.3, -0.25) is 9.59 Å². The van der Waals surface area contributed by atoms with Gasteiger partial charge in [0.1, 0.15) is 3.42 Å². The molecule has 0 aliphatic rings. The van der Waals surface area contributed by atoms with E-state index in [4.69, 9.17) is 16.6 Å². The summed E-state index contributed by atoms with van der Waals surface area (Å²) >= 11 is 1.56. The molecule has 12 heavy (non-hydrogen) atoms. The van der Waals surface area contributed by atoms with Crippen molar-refractivity contribution in [3.63, 3.8) is 0 Å². The van der Waals surface area contributed by atoms with E-state index >= 15 is 0 Å². The molecule has 0 aromatic heterocycles. The molecule has 0 aliphatic carbocycles. The van der Waals surface area contributed by atoms with Crippen LogP contribution in [0.15, 0.2) is 0 Å². The zero-order chi connectivity index (χ0) is 9.78. The Hall–Kier alpha value is -0.770. The van der Waals surface area contributed by atoms with E-state index in [1.807, 2.05) is 0 Å². The second-order valence-corrected chi connectivity index (χ2v) is 4.29. The van der Waals surface area contributed by atoms with Crippen molar-refractivity contribution in [3.8, 4) is 12.3 Å². The molecule has 0 bridgehead atoms. The molecular formula is C7H7IO4. The van der Waals surface area contributed by atoms with E-state index in [0.29, 0.717) is 0 Å². The average Bonchev–Trinajstić information content (AvgIpc) is 1.85. The Morgan fingerprint density at radius 2 is 2.00 bits per heavy atom. The minimum Gasteiger partial charge on any atom is -0.481 e. The lowest BCUT2D eigenvalue weighted by atomic mass is 10.0. The number of halogens is 1. The van der Waals surface area contributed by atoms with Crippen molar-refractivity contribution < 1.29 is 19.8 Å². The first-order chi connectivity index (χ1) is 5.42. The smallest absolute Gasteiger partial charge is 0.321 e. The fourth-order valence-electron chi connectivity index (χ4n) is 0.615.